The Balaban J connectivity index is 2.64. The maximum Gasteiger partial charge on any atom is 0.214 e. The second-order valence-corrected chi connectivity index (χ2v) is 6.35. The number of benzene rings is 1. The SMILES string of the molecule is CN(Cc1ccccc1F)S(=O)(=O)CCCCN. The molecule has 1 aromatic carbocycles. The number of hydrogen-bond acceptors (Lipinski definition) is 3. The lowest BCUT2D eigenvalue weighted by atomic mass is 10.2. The van der Waals surface area contributed by atoms with Crippen LogP contribution in [0.25, 0.3) is 0 Å². The molecule has 4 nitrogen and oxygen atoms in total. The van der Waals surface area contributed by atoms with E-state index in [1.54, 1.807) is 18.2 Å². The molecule has 0 heterocycles. The molecular weight excluding hydrogens is 255 g/mol. The van der Waals surface area contributed by atoms with Crippen LogP contribution >= 0.6 is 0 Å². The molecule has 0 saturated heterocycles. The van der Waals surface area contributed by atoms with Gasteiger partial charge < -0.3 is 5.73 Å². The first-order valence-corrected chi connectivity index (χ1v) is 7.46. The van der Waals surface area contributed by atoms with Crippen LogP contribution in [0.15, 0.2) is 24.3 Å². The molecule has 1 aromatic rings. The van der Waals surface area contributed by atoms with Gasteiger partial charge in [0.25, 0.3) is 0 Å². The van der Waals surface area contributed by atoms with Crippen molar-refractivity contribution in [1.82, 2.24) is 4.31 Å². The summed E-state index contributed by atoms with van der Waals surface area (Å²) in [5.74, 6) is -0.337. The molecule has 102 valence electrons. The molecule has 0 radical (unpaired) electrons. The average Bonchev–Trinajstić information content (AvgIpc) is 2.32. The molecule has 0 aromatic heterocycles. The third kappa shape index (κ3) is 4.36. The minimum atomic E-state index is -3.34. The molecule has 0 aliphatic rings. The third-order valence-electron chi connectivity index (χ3n) is 2.68. The van der Waals surface area contributed by atoms with Crippen molar-refractivity contribution in [3.05, 3.63) is 35.6 Å². The summed E-state index contributed by atoms with van der Waals surface area (Å²) < 4.78 is 38.4. The second-order valence-electron chi connectivity index (χ2n) is 4.16. The summed E-state index contributed by atoms with van der Waals surface area (Å²) in [6.07, 6.45) is 1.20. The van der Waals surface area contributed by atoms with Gasteiger partial charge >= 0.3 is 0 Å². The highest BCUT2D eigenvalue weighted by Crippen LogP contribution is 2.12. The Morgan fingerprint density at radius 3 is 2.56 bits per heavy atom. The Hall–Kier alpha value is -0.980. The minimum absolute atomic E-state index is 0.0507. The fourth-order valence-electron chi connectivity index (χ4n) is 1.55. The topological polar surface area (TPSA) is 63.4 Å². The van der Waals surface area contributed by atoms with Gasteiger partial charge in [-0.25, -0.2) is 17.1 Å². The summed E-state index contributed by atoms with van der Waals surface area (Å²) in [5.41, 5.74) is 5.70. The number of nitrogens with two attached hydrogens (primary N) is 1. The monoisotopic (exact) mass is 274 g/mol. The molecule has 0 saturated carbocycles. The smallest absolute Gasteiger partial charge is 0.214 e. The molecule has 2 N–H and O–H groups in total. The van der Waals surface area contributed by atoms with Gasteiger partial charge in [-0.3, -0.25) is 0 Å². The van der Waals surface area contributed by atoms with E-state index in [9.17, 15) is 12.8 Å². The predicted octanol–water partition coefficient (Wildman–Crippen LogP) is 1.33. The highest BCUT2D eigenvalue weighted by molar-refractivity contribution is 7.89. The molecular formula is C12H19FN2O2S. The van der Waals surface area contributed by atoms with Crippen molar-refractivity contribution in [3.63, 3.8) is 0 Å². The van der Waals surface area contributed by atoms with Gasteiger partial charge in [0.2, 0.25) is 10.0 Å². The van der Waals surface area contributed by atoms with Gasteiger partial charge in [-0.15, -0.1) is 0 Å². The van der Waals surface area contributed by atoms with Crippen molar-refractivity contribution in [2.75, 3.05) is 19.3 Å². The Kier molecular flexibility index (Phi) is 5.71. The van der Waals surface area contributed by atoms with E-state index in [-0.39, 0.29) is 18.1 Å². The summed E-state index contributed by atoms with van der Waals surface area (Å²) in [4.78, 5) is 0. The second kappa shape index (κ2) is 6.82. The average molecular weight is 274 g/mol. The zero-order chi connectivity index (χ0) is 13.6. The van der Waals surface area contributed by atoms with E-state index in [1.165, 1.54) is 17.4 Å². The van der Waals surface area contributed by atoms with Gasteiger partial charge in [0, 0.05) is 19.2 Å². The van der Waals surface area contributed by atoms with Crippen LogP contribution in [-0.4, -0.2) is 32.1 Å². The van der Waals surface area contributed by atoms with Gasteiger partial charge in [0.1, 0.15) is 5.82 Å². The van der Waals surface area contributed by atoms with Crippen LogP contribution in [0.4, 0.5) is 4.39 Å². The maximum absolute atomic E-state index is 13.4. The highest BCUT2D eigenvalue weighted by Gasteiger charge is 2.18. The predicted molar refractivity (Wildman–Crippen MR) is 69.9 cm³/mol. The Labute approximate surface area is 108 Å². The number of halogens is 1. The Morgan fingerprint density at radius 2 is 1.94 bits per heavy atom. The van der Waals surface area contributed by atoms with Crippen LogP contribution in [0.2, 0.25) is 0 Å². The molecule has 0 fully saturated rings. The lowest BCUT2D eigenvalue weighted by Gasteiger charge is -2.17. The number of rotatable bonds is 7. The van der Waals surface area contributed by atoms with Crippen LogP contribution in [0.5, 0.6) is 0 Å². The van der Waals surface area contributed by atoms with Crippen LogP contribution < -0.4 is 5.73 Å². The highest BCUT2D eigenvalue weighted by atomic mass is 32.2. The Bertz CT molecular complexity index is 477. The van der Waals surface area contributed by atoms with Crippen LogP contribution in [-0.2, 0) is 16.6 Å². The third-order valence-corrected chi connectivity index (χ3v) is 4.57. The van der Waals surface area contributed by atoms with Crippen LogP contribution in [0.3, 0.4) is 0 Å². The first-order chi connectivity index (χ1) is 8.47. The zero-order valence-corrected chi connectivity index (χ0v) is 11.3. The van der Waals surface area contributed by atoms with E-state index in [0.717, 1.165) is 0 Å². The molecule has 6 heteroatoms. The van der Waals surface area contributed by atoms with Crippen molar-refractivity contribution in [1.29, 1.82) is 0 Å². The minimum Gasteiger partial charge on any atom is -0.330 e. The fraction of sp³-hybridized carbons (Fsp3) is 0.500. The number of hydrogen-bond donors (Lipinski definition) is 1. The summed E-state index contributed by atoms with van der Waals surface area (Å²) >= 11 is 0. The van der Waals surface area contributed by atoms with Crippen molar-refractivity contribution in [2.45, 2.75) is 19.4 Å². The van der Waals surface area contributed by atoms with Crippen molar-refractivity contribution >= 4 is 10.0 Å². The molecule has 0 bridgehead atoms. The van der Waals surface area contributed by atoms with Crippen molar-refractivity contribution < 1.29 is 12.8 Å². The summed E-state index contributed by atoms with van der Waals surface area (Å²) in [6.45, 7) is 0.532. The van der Waals surface area contributed by atoms with Gasteiger partial charge in [-0.05, 0) is 25.5 Å². The van der Waals surface area contributed by atoms with Crippen LogP contribution in [0.1, 0.15) is 18.4 Å². The van der Waals surface area contributed by atoms with Crippen molar-refractivity contribution in [3.8, 4) is 0 Å². The molecule has 1 rings (SSSR count). The van der Waals surface area contributed by atoms with Crippen molar-refractivity contribution in [2.24, 2.45) is 5.73 Å². The zero-order valence-electron chi connectivity index (χ0n) is 10.5. The fourth-order valence-corrected chi connectivity index (χ4v) is 2.77. The molecule has 0 spiro atoms. The normalized spacial score (nSPS) is 12.0. The molecule has 18 heavy (non-hydrogen) atoms. The maximum atomic E-state index is 13.4. The first kappa shape index (κ1) is 15.1. The summed E-state index contributed by atoms with van der Waals surface area (Å²) in [7, 11) is -1.87. The molecule has 0 amide bonds. The standard InChI is InChI=1S/C12H19FN2O2S/c1-15(18(16,17)9-5-4-8-14)10-11-6-2-3-7-12(11)13/h2-3,6-7H,4-5,8-10,14H2,1H3. The molecule has 0 aliphatic carbocycles. The quantitative estimate of drug-likeness (QED) is 0.763. The van der Waals surface area contributed by atoms with Gasteiger partial charge in [0.15, 0.2) is 0 Å². The van der Waals surface area contributed by atoms with E-state index in [2.05, 4.69) is 0 Å². The summed E-state index contributed by atoms with van der Waals surface area (Å²) in [6, 6.07) is 6.17. The molecule has 0 atom stereocenters. The molecule has 0 unspecified atom stereocenters. The van der Waals surface area contributed by atoms with E-state index in [0.29, 0.717) is 24.9 Å². The van der Waals surface area contributed by atoms with E-state index in [1.807, 2.05) is 0 Å². The van der Waals surface area contributed by atoms with Crippen LogP contribution in [0, 0.1) is 5.82 Å². The lowest BCUT2D eigenvalue weighted by molar-refractivity contribution is 0.454. The first-order valence-electron chi connectivity index (χ1n) is 5.85. The molecule has 0 aliphatic heterocycles. The Morgan fingerprint density at radius 1 is 1.28 bits per heavy atom. The largest absolute Gasteiger partial charge is 0.330 e. The summed E-state index contributed by atoms with van der Waals surface area (Å²) in [5, 5.41) is 0. The van der Waals surface area contributed by atoms with Gasteiger partial charge in [-0.1, -0.05) is 18.2 Å². The van der Waals surface area contributed by atoms with E-state index in [4.69, 9.17) is 5.73 Å². The van der Waals surface area contributed by atoms with E-state index >= 15 is 0 Å². The number of unbranched alkanes of at least 4 members (excludes halogenated alkanes) is 1. The number of nitrogens with zero attached hydrogens (tertiary/aromatic N) is 1. The van der Waals surface area contributed by atoms with Gasteiger partial charge in [0.05, 0.1) is 5.75 Å². The number of sulfonamides is 1. The van der Waals surface area contributed by atoms with Gasteiger partial charge in [-0.2, -0.15) is 0 Å². The lowest BCUT2D eigenvalue weighted by Crippen LogP contribution is -2.29. The van der Waals surface area contributed by atoms with E-state index < -0.39 is 10.0 Å².